The fraction of sp³-hybridized carbons (Fsp3) is 0.600. The third-order valence-corrected chi connectivity index (χ3v) is 4.25. The second kappa shape index (κ2) is 5.88. The molecule has 1 fully saturated rings. The number of rotatable bonds is 6. The number of likely N-dealkylation sites (N-methyl/N-ethyl adjacent to an activating group) is 1. The topological polar surface area (TPSA) is 30.5 Å². The highest BCUT2D eigenvalue weighted by Gasteiger charge is 2.43. The predicted molar refractivity (Wildman–Crippen MR) is 73.1 cm³/mol. The van der Waals surface area contributed by atoms with E-state index in [1.807, 2.05) is 13.1 Å². The van der Waals surface area contributed by atoms with E-state index in [1.165, 1.54) is 13.5 Å². The van der Waals surface area contributed by atoms with Crippen LogP contribution in [0.3, 0.4) is 0 Å². The van der Waals surface area contributed by atoms with E-state index < -0.39 is 0 Å². The average molecular weight is 267 g/mol. The van der Waals surface area contributed by atoms with Crippen molar-refractivity contribution in [2.75, 3.05) is 21.3 Å². The van der Waals surface area contributed by atoms with E-state index in [0.29, 0.717) is 0 Å². The number of halogens is 1. The molecule has 1 aromatic carbocycles. The molecule has 0 spiro atoms. The highest BCUT2D eigenvalue weighted by Crippen LogP contribution is 2.39. The van der Waals surface area contributed by atoms with E-state index in [-0.39, 0.29) is 23.2 Å². The molecule has 1 N–H and O–H groups in total. The van der Waals surface area contributed by atoms with Crippen molar-refractivity contribution in [3.63, 3.8) is 0 Å². The first-order valence-corrected chi connectivity index (χ1v) is 6.70. The summed E-state index contributed by atoms with van der Waals surface area (Å²) >= 11 is 0. The molecule has 106 valence electrons. The summed E-state index contributed by atoms with van der Waals surface area (Å²) in [4.78, 5) is 0. The van der Waals surface area contributed by atoms with E-state index in [0.717, 1.165) is 24.8 Å². The summed E-state index contributed by atoms with van der Waals surface area (Å²) in [6.45, 7) is 0. The monoisotopic (exact) mass is 267 g/mol. The third-order valence-electron chi connectivity index (χ3n) is 4.25. The molecule has 1 aliphatic rings. The molecule has 0 bridgehead atoms. The average Bonchev–Trinajstić information content (AvgIpc) is 2.37. The van der Waals surface area contributed by atoms with Gasteiger partial charge in [0.2, 0.25) is 0 Å². The lowest BCUT2D eigenvalue weighted by Crippen LogP contribution is -2.56. The molecule has 1 atom stereocenters. The maximum atomic E-state index is 13.7. The largest absolute Gasteiger partial charge is 0.494 e. The Morgan fingerprint density at radius 1 is 1.37 bits per heavy atom. The fourth-order valence-electron chi connectivity index (χ4n) is 2.84. The van der Waals surface area contributed by atoms with E-state index in [2.05, 4.69) is 5.32 Å². The molecule has 0 aromatic heterocycles. The van der Waals surface area contributed by atoms with Crippen molar-refractivity contribution < 1.29 is 13.9 Å². The highest BCUT2D eigenvalue weighted by molar-refractivity contribution is 5.30. The van der Waals surface area contributed by atoms with Crippen molar-refractivity contribution in [2.45, 2.75) is 37.3 Å². The van der Waals surface area contributed by atoms with Crippen molar-refractivity contribution >= 4 is 0 Å². The molecule has 1 unspecified atom stereocenters. The molecule has 0 heterocycles. The normalized spacial score (nSPS) is 18.7. The Hall–Kier alpha value is -1.13. The Kier molecular flexibility index (Phi) is 4.42. The highest BCUT2D eigenvalue weighted by atomic mass is 19.1. The molecule has 0 amide bonds. The minimum atomic E-state index is -0.310. The minimum absolute atomic E-state index is 0.0921. The van der Waals surface area contributed by atoms with Crippen LogP contribution in [0.15, 0.2) is 18.2 Å². The Balaban J connectivity index is 2.12. The summed E-state index contributed by atoms with van der Waals surface area (Å²) in [5, 5.41) is 3.31. The van der Waals surface area contributed by atoms with E-state index in [1.54, 1.807) is 19.2 Å². The van der Waals surface area contributed by atoms with E-state index in [9.17, 15) is 4.39 Å². The van der Waals surface area contributed by atoms with Crippen LogP contribution in [-0.4, -0.2) is 32.9 Å². The van der Waals surface area contributed by atoms with Crippen LogP contribution in [0, 0.1) is 5.82 Å². The van der Waals surface area contributed by atoms with Gasteiger partial charge in [-0.2, -0.15) is 0 Å². The quantitative estimate of drug-likeness (QED) is 0.859. The summed E-state index contributed by atoms with van der Waals surface area (Å²) < 4.78 is 24.3. The Bertz CT molecular complexity index is 427. The van der Waals surface area contributed by atoms with Gasteiger partial charge in [0.1, 0.15) is 0 Å². The number of ether oxygens (including phenoxy) is 2. The van der Waals surface area contributed by atoms with Gasteiger partial charge in [-0.15, -0.1) is 0 Å². The summed E-state index contributed by atoms with van der Waals surface area (Å²) in [5.41, 5.74) is 0.867. The van der Waals surface area contributed by atoms with Crippen LogP contribution in [0.4, 0.5) is 4.39 Å². The molecule has 19 heavy (non-hydrogen) atoms. The van der Waals surface area contributed by atoms with Gasteiger partial charge in [-0.3, -0.25) is 0 Å². The zero-order valence-corrected chi connectivity index (χ0v) is 11.8. The van der Waals surface area contributed by atoms with Crippen molar-refractivity contribution in [3.8, 4) is 5.75 Å². The Morgan fingerprint density at radius 3 is 2.53 bits per heavy atom. The Morgan fingerprint density at radius 2 is 2.11 bits per heavy atom. The molecule has 1 aliphatic carbocycles. The van der Waals surface area contributed by atoms with Crippen LogP contribution in [0.2, 0.25) is 0 Å². The third kappa shape index (κ3) is 2.74. The van der Waals surface area contributed by atoms with Crippen LogP contribution >= 0.6 is 0 Å². The van der Waals surface area contributed by atoms with Gasteiger partial charge < -0.3 is 14.8 Å². The van der Waals surface area contributed by atoms with Gasteiger partial charge in [0, 0.05) is 13.2 Å². The molecule has 1 saturated carbocycles. The maximum absolute atomic E-state index is 13.7. The second-order valence-electron chi connectivity index (χ2n) is 5.14. The van der Waals surface area contributed by atoms with Crippen LogP contribution in [0.5, 0.6) is 5.75 Å². The fourth-order valence-corrected chi connectivity index (χ4v) is 2.84. The summed E-state index contributed by atoms with van der Waals surface area (Å²) in [6, 6.07) is 5.34. The first-order valence-electron chi connectivity index (χ1n) is 6.70. The number of hydrogen-bond acceptors (Lipinski definition) is 3. The van der Waals surface area contributed by atoms with Gasteiger partial charge in [0.05, 0.1) is 12.7 Å². The molecule has 2 rings (SSSR count). The maximum Gasteiger partial charge on any atom is 0.165 e. The molecule has 0 saturated heterocycles. The van der Waals surface area contributed by atoms with Crippen LogP contribution in [-0.2, 0) is 11.2 Å². The first kappa shape index (κ1) is 14.3. The van der Waals surface area contributed by atoms with Crippen LogP contribution < -0.4 is 10.1 Å². The smallest absolute Gasteiger partial charge is 0.165 e. The zero-order chi connectivity index (χ0) is 13.9. The molecular formula is C15H22FNO2. The van der Waals surface area contributed by atoms with Gasteiger partial charge in [0.15, 0.2) is 11.6 Å². The molecule has 0 radical (unpaired) electrons. The summed E-state index contributed by atoms with van der Waals surface area (Å²) in [6.07, 6.45) is 4.08. The number of benzene rings is 1. The molecule has 4 heteroatoms. The Labute approximate surface area is 114 Å². The zero-order valence-electron chi connectivity index (χ0n) is 11.8. The molecule has 1 aromatic rings. The first-order chi connectivity index (χ1) is 9.15. The summed E-state index contributed by atoms with van der Waals surface area (Å²) in [7, 11) is 5.17. The van der Waals surface area contributed by atoms with Crippen LogP contribution in [0.25, 0.3) is 0 Å². The van der Waals surface area contributed by atoms with Crippen LogP contribution in [0.1, 0.15) is 24.8 Å². The van der Waals surface area contributed by atoms with E-state index >= 15 is 0 Å². The minimum Gasteiger partial charge on any atom is -0.494 e. The lowest BCUT2D eigenvalue weighted by molar-refractivity contribution is -0.0966. The van der Waals surface area contributed by atoms with Crippen molar-refractivity contribution in [3.05, 3.63) is 29.6 Å². The standard InChI is InChI=1S/C15H22FNO2/c1-17-14(15(19-3)7-4-8-15)10-11-5-6-13(18-2)12(16)9-11/h5-6,9,14,17H,4,7-8,10H2,1-3H3. The van der Waals surface area contributed by atoms with Crippen molar-refractivity contribution in [2.24, 2.45) is 0 Å². The second-order valence-corrected chi connectivity index (χ2v) is 5.14. The van der Waals surface area contributed by atoms with Gasteiger partial charge in [-0.25, -0.2) is 4.39 Å². The van der Waals surface area contributed by atoms with Gasteiger partial charge in [-0.1, -0.05) is 6.07 Å². The van der Waals surface area contributed by atoms with Gasteiger partial charge in [-0.05, 0) is 50.4 Å². The van der Waals surface area contributed by atoms with Crippen molar-refractivity contribution in [1.82, 2.24) is 5.32 Å². The predicted octanol–water partition coefficient (Wildman–Crippen LogP) is 2.53. The van der Waals surface area contributed by atoms with E-state index in [4.69, 9.17) is 9.47 Å². The number of methoxy groups -OCH3 is 2. The lowest BCUT2D eigenvalue weighted by Gasteiger charge is -2.46. The van der Waals surface area contributed by atoms with Gasteiger partial charge in [0.25, 0.3) is 0 Å². The van der Waals surface area contributed by atoms with Crippen molar-refractivity contribution in [1.29, 1.82) is 0 Å². The SMILES string of the molecule is CNC(Cc1ccc(OC)c(F)c1)C1(OC)CCC1. The molecular weight excluding hydrogens is 245 g/mol. The molecule has 0 aliphatic heterocycles. The number of hydrogen-bond donors (Lipinski definition) is 1. The van der Waals surface area contributed by atoms with Gasteiger partial charge >= 0.3 is 0 Å². The summed E-state index contributed by atoms with van der Waals surface area (Å²) in [5.74, 6) is -0.0233. The lowest BCUT2D eigenvalue weighted by atomic mass is 9.72. The molecule has 3 nitrogen and oxygen atoms in total. The number of nitrogens with one attached hydrogen (secondary N) is 1.